The molecule has 5 nitrogen and oxygen atoms in total. The fraction of sp³-hybridized carbons (Fsp3) is 0.188. The Bertz CT molecular complexity index is 694. The van der Waals surface area contributed by atoms with Gasteiger partial charge in [0, 0.05) is 12.0 Å². The Morgan fingerprint density at radius 1 is 1.14 bits per heavy atom. The molecule has 0 aliphatic carbocycles. The van der Waals surface area contributed by atoms with E-state index < -0.39 is 4.92 Å². The van der Waals surface area contributed by atoms with E-state index in [9.17, 15) is 14.9 Å². The minimum absolute atomic E-state index is 0.0686. The molecule has 5 heteroatoms. The molecule has 0 unspecified atom stereocenters. The number of ketones is 1. The Kier molecular flexibility index (Phi) is 4.33. The minimum Gasteiger partial charge on any atom is -0.449 e. The summed E-state index contributed by atoms with van der Waals surface area (Å²) < 4.78 is 5.64. The van der Waals surface area contributed by atoms with Crippen molar-refractivity contribution < 1.29 is 14.5 Å². The lowest BCUT2D eigenvalue weighted by Gasteiger charge is -2.11. The van der Waals surface area contributed by atoms with Gasteiger partial charge in [-0.3, -0.25) is 14.9 Å². The van der Waals surface area contributed by atoms with E-state index in [0.29, 0.717) is 23.3 Å². The summed E-state index contributed by atoms with van der Waals surface area (Å²) >= 11 is 0. The summed E-state index contributed by atoms with van der Waals surface area (Å²) in [6, 6.07) is 11.6. The van der Waals surface area contributed by atoms with Crippen molar-refractivity contribution in [2.75, 3.05) is 0 Å². The highest BCUT2D eigenvalue weighted by Gasteiger charge is 2.20. The zero-order chi connectivity index (χ0) is 15.4. The van der Waals surface area contributed by atoms with E-state index in [1.807, 2.05) is 0 Å². The Labute approximate surface area is 122 Å². The lowest BCUT2D eigenvalue weighted by molar-refractivity contribution is -0.386. The van der Waals surface area contributed by atoms with Crippen molar-refractivity contribution in [1.29, 1.82) is 0 Å². The summed E-state index contributed by atoms with van der Waals surface area (Å²) in [5.41, 5.74) is 0.851. The van der Waals surface area contributed by atoms with Gasteiger partial charge in [-0.1, -0.05) is 31.2 Å². The Hall–Kier alpha value is -2.69. The van der Waals surface area contributed by atoms with Crippen LogP contribution in [-0.2, 0) is 0 Å². The lowest BCUT2D eigenvalue weighted by Crippen LogP contribution is -2.01. The molecule has 2 aromatic rings. The van der Waals surface area contributed by atoms with Gasteiger partial charge in [-0.25, -0.2) is 0 Å². The predicted molar refractivity (Wildman–Crippen MR) is 79.0 cm³/mol. The Morgan fingerprint density at radius 3 is 2.48 bits per heavy atom. The van der Waals surface area contributed by atoms with Gasteiger partial charge >= 0.3 is 5.69 Å². The monoisotopic (exact) mass is 285 g/mol. The van der Waals surface area contributed by atoms with E-state index in [0.717, 1.165) is 0 Å². The third-order valence-electron chi connectivity index (χ3n) is 3.11. The number of carbonyl (C=O) groups excluding carboxylic acids is 1. The highest BCUT2D eigenvalue weighted by atomic mass is 16.6. The van der Waals surface area contributed by atoms with Crippen molar-refractivity contribution in [3.05, 3.63) is 63.7 Å². The molecule has 0 atom stereocenters. The molecule has 0 aliphatic rings. The molecule has 2 rings (SSSR count). The molecule has 0 fully saturated rings. The van der Waals surface area contributed by atoms with Crippen LogP contribution >= 0.6 is 0 Å². The number of carbonyl (C=O) groups is 1. The number of hydrogen-bond acceptors (Lipinski definition) is 4. The molecule has 0 N–H and O–H groups in total. The fourth-order valence-electron chi connectivity index (χ4n) is 2.04. The average molecular weight is 285 g/mol. The van der Waals surface area contributed by atoms with Crippen LogP contribution in [0.1, 0.15) is 29.3 Å². The van der Waals surface area contributed by atoms with Gasteiger partial charge in [-0.15, -0.1) is 0 Å². The van der Waals surface area contributed by atoms with Gasteiger partial charge < -0.3 is 4.74 Å². The molecular weight excluding hydrogens is 270 g/mol. The summed E-state index contributed by atoms with van der Waals surface area (Å²) in [5, 5.41) is 11.2. The van der Waals surface area contributed by atoms with Gasteiger partial charge in [0.25, 0.3) is 0 Å². The van der Waals surface area contributed by atoms with E-state index in [4.69, 9.17) is 4.74 Å². The van der Waals surface area contributed by atoms with E-state index >= 15 is 0 Å². The molecule has 2 aromatic carbocycles. The minimum atomic E-state index is -0.477. The number of nitro benzene ring substituents is 1. The van der Waals surface area contributed by atoms with Crippen LogP contribution in [0.3, 0.4) is 0 Å². The molecule has 0 radical (unpaired) electrons. The third kappa shape index (κ3) is 3.08. The van der Waals surface area contributed by atoms with Crippen LogP contribution < -0.4 is 4.74 Å². The predicted octanol–water partition coefficient (Wildman–Crippen LogP) is 4.29. The molecule has 21 heavy (non-hydrogen) atoms. The smallest absolute Gasteiger partial charge is 0.314 e. The van der Waals surface area contributed by atoms with E-state index in [2.05, 4.69) is 0 Å². The normalized spacial score (nSPS) is 10.2. The zero-order valence-corrected chi connectivity index (χ0v) is 11.8. The van der Waals surface area contributed by atoms with Crippen molar-refractivity contribution in [2.45, 2.75) is 20.3 Å². The maximum absolute atomic E-state index is 11.9. The van der Waals surface area contributed by atoms with Crippen LogP contribution in [0.15, 0.2) is 42.5 Å². The topological polar surface area (TPSA) is 69.4 Å². The van der Waals surface area contributed by atoms with Crippen molar-refractivity contribution >= 4 is 11.5 Å². The van der Waals surface area contributed by atoms with Crippen LogP contribution in [0.4, 0.5) is 5.69 Å². The van der Waals surface area contributed by atoms with E-state index in [1.165, 1.54) is 6.07 Å². The number of hydrogen-bond donors (Lipinski definition) is 0. The fourth-order valence-corrected chi connectivity index (χ4v) is 2.04. The number of benzene rings is 2. The van der Waals surface area contributed by atoms with Gasteiger partial charge in [0.05, 0.1) is 10.5 Å². The van der Waals surface area contributed by atoms with Crippen LogP contribution in [0.5, 0.6) is 11.5 Å². The van der Waals surface area contributed by atoms with Gasteiger partial charge in [0.15, 0.2) is 5.78 Å². The molecule has 0 bridgehead atoms. The molecule has 0 amide bonds. The number of nitrogens with zero attached hydrogens (tertiary/aromatic N) is 1. The highest BCUT2D eigenvalue weighted by molar-refractivity contribution is 5.98. The summed E-state index contributed by atoms with van der Waals surface area (Å²) in [6.45, 7) is 3.41. The number of nitro groups is 1. The third-order valence-corrected chi connectivity index (χ3v) is 3.11. The molecule has 0 saturated heterocycles. The summed E-state index contributed by atoms with van der Waals surface area (Å²) in [7, 11) is 0. The molecule has 0 aromatic heterocycles. The molecular formula is C16H15NO4. The van der Waals surface area contributed by atoms with E-state index in [-0.39, 0.29) is 17.2 Å². The second-order valence-corrected chi connectivity index (χ2v) is 4.55. The highest BCUT2D eigenvalue weighted by Crippen LogP contribution is 2.35. The SMILES string of the molecule is CCC(=O)c1ccccc1Oc1cccc(C)c1[N+](=O)[O-]. The molecule has 0 spiro atoms. The van der Waals surface area contributed by atoms with Crippen molar-refractivity contribution in [3.63, 3.8) is 0 Å². The first-order valence-electron chi connectivity index (χ1n) is 6.58. The quantitative estimate of drug-likeness (QED) is 0.467. The zero-order valence-electron chi connectivity index (χ0n) is 11.8. The molecule has 0 saturated carbocycles. The molecule has 0 heterocycles. The number of para-hydroxylation sites is 2. The Balaban J connectivity index is 2.47. The standard InChI is InChI=1S/C16H15NO4/c1-3-13(18)12-8-4-5-9-14(12)21-15-10-6-7-11(2)16(15)17(19)20/h4-10H,3H2,1-2H3. The van der Waals surface area contributed by atoms with Crippen LogP contribution in [0, 0.1) is 17.0 Å². The van der Waals surface area contributed by atoms with E-state index in [1.54, 1.807) is 50.2 Å². The lowest BCUT2D eigenvalue weighted by atomic mass is 10.1. The Morgan fingerprint density at radius 2 is 1.81 bits per heavy atom. The maximum atomic E-state index is 11.9. The van der Waals surface area contributed by atoms with Crippen LogP contribution in [-0.4, -0.2) is 10.7 Å². The first-order chi connectivity index (χ1) is 10.0. The van der Waals surface area contributed by atoms with Crippen LogP contribution in [0.25, 0.3) is 0 Å². The summed E-state index contributed by atoms with van der Waals surface area (Å²) in [6.07, 6.45) is 0.344. The second kappa shape index (κ2) is 6.17. The first-order valence-corrected chi connectivity index (χ1v) is 6.58. The van der Waals surface area contributed by atoms with Crippen molar-refractivity contribution in [3.8, 4) is 11.5 Å². The van der Waals surface area contributed by atoms with Crippen LogP contribution in [0.2, 0.25) is 0 Å². The maximum Gasteiger partial charge on any atom is 0.314 e. The van der Waals surface area contributed by atoms with Gasteiger partial charge in [0.2, 0.25) is 5.75 Å². The van der Waals surface area contributed by atoms with Crippen molar-refractivity contribution in [1.82, 2.24) is 0 Å². The molecule has 0 aliphatic heterocycles. The molecule has 108 valence electrons. The van der Waals surface area contributed by atoms with Gasteiger partial charge in [0.1, 0.15) is 5.75 Å². The number of rotatable bonds is 5. The first kappa shape index (κ1) is 14.7. The van der Waals surface area contributed by atoms with Crippen molar-refractivity contribution in [2.24, 2.45) is 0 Å². The number of aryl methyl sites for hydroxylation is 1. The van der Waals surface area contributed by atoms with Gasteiger partial charge in [-0.2, -0.15) is 0 Å². The number of Topliss-reactive ketones (excluding diaryl/α,β-unsaturated/α-hetero) is 1. The largest absolute Gasteiger partial charge is 0.449 e. The van der Waals surface area contributed by atoms with Gasteiger partial charge in [-0.05, 0) is 25.1 Å². The second-order valence-electron chi connectivity index (χ2n) is 4.55. The number of ether oxygens (including phenoxy) is 1. The average Bonchev–Trinajstić information content (AvgIpc) is 2.46. The summed E-state index contributed by atoms with van der Waals surface area (Å²) in [4.78, 5) is 22.6. The summed E-state index contributed by atoms with van der Waals surface area (Å²) in [5.74, 6) is 0.398.